The summed E-state index contributed by atoms with van der Waals surface area (Å²) in [6, 6.07) is 5.23. The molecule has 2 rings (SSSR count). The summed E-state index contributed by atoms with van der Waals surface area (Å²) in [5.74, 6) is -0.874. The third kappa shape index (κ3) is 1.55. The summed E-state index contributed by atoms with van der Waals surface area (Å²) in [6.45, 7) is 0. The first-order valence-corrected chi connectivity index (χ1v) is 6.02. The van der Waals surface area contributed by atoms with E-state index in [0.717, 1.165) is 15.4 Å². The summed E-state index contributed by atoms with van der Waals surface area (Å²) in [4.78, 5) is 10.7. The highest BCUT2D eigenvalue weighted by molar-refractivity contribution is 9.08. The fourth-order valence-corrected chi connectivity index (χ4v) is 3.00. The first-order chi connectivity index (χ1) is 6.72. The largest absolute Gasteiger partial charge is 0.478 e. The molecule has 0 saturated carbocycles. The zero-order chi connectivity index (χ0) is 10.1. The number of hydrogen-bond acceptors (Lipinski definition) is 2. The summed E-state index contributed by atoms with van der Waals surface area (Å²) in [5, 5.41) is 12.8. The van der Waals surface area contributed by atoms with Crippen molar-refractivity contribution in [2.75, 3.05) is 0 Å². The number of thiophene rings is 1. The standard InChI is InChI=1S/C10H7BrO2S/c11-4-7-5-14-9-3-6(10(12)13)1-2-8(7)9/h1-3,5H,4H2,(H,12,13). The lowest BCUT2D eigenvalue weighted by molar-refractivity contribution is 0.0697. The summed E-state index contributed by atoms with van der Waals surface area (Å²) < 4.78 is 1.03. The van der Waals surface area contributed by atoms with Gasteiger partial charge in [-0.1, -0.05) is 22.0 Å². The van der Waals surface area contributed by atoms with E-state index in [1.165, 1.54) is 5.56 Å². The predicted molar refractivity (Wildman–Crippen MR) is 61.4 cm³/mol. The Kier molecular flexibility index (Phi) is 2.56. The van der Waals surface area contributed by atoms with Crippen LogP contribution in [0.3, 0.4) is 0 Å². The quantitative estimate of drug-likeness (QED) is 0.849. The SMILES string of the molecule is O=C(O)c1ccc2c(CBr)csc2c1. The predicted octanol–water partition coefficient (Wildman–Crippen LogP) is 3.49. The first kappa shape index (κ1) is 9.68. The number of aromatic carboxylic acids is 1. The molecule has 1 aromatic heterocycles. The van der Waals surface area contributed by atoms with Crippen molar-refractivity contribution in [1.29, 1.82) is 0 Å². The minimum absolute atomic E-state index is 0.348. The van der Waals surface area contributed by atoms with Crippen LogP contribution in [0.5, 0.6) is 0 Å². The van der Waals surface area contributed by atoms with Crippen LogP contribution in [0.15, 0.2) is 23.6 Å². The van der Waals surface area contributed by atoms with E-state index in [9.17, 15) is 4.79 Å². The number of hydrogen-bond donors (Lipinski definition) is 1. The van der Waals surface area contributed by atoms with Crippen molar-refractivity contribution < 1.29 is 9.90 Å². The molecule has 0 saturated heterocycles. The average Bonchev–Trinajstić information content (AvgIpc) is 2.59. The molecule has 0 radical (unpaired) electrons. The molecule has 14 heavy (non-hydrogen) atoms. The van der Waals surface area contributed by atoms with Crippen LogP contribution < -0.4 is 0 Å². The van der Waals surface area contributed by atoms with Crippen LogP contribution in [-0.4, -0.2) is 11.1 Å². The fourth-order valence-electron chi connectivity index (χ4n) is 1.32. The Morgan fingerprint density at radius 1 is 1.50 bits per heavy atom. The lowest BCUT2D eigenvalue weighted by Gasteiger charge is -1.95. The number of benzene rings is 1. The van der Waals surface area contributed by atoms with E-state index in [-0.39, 0.29) is 0 Å². The van der Waals surface area contributed by atoms with E-state index in [1.807, 2.05) is 11.4 Å². The Balaban J connectivity index is 2.63. The summed E-state index contributed by atoms with van der Waals surface area (Å²) in [6.07, 6.45) is 0. The van der Waals surface area contributed by atoms with Gasteiger partial charge in [-0.05, 0) is 28.5 Å². The second-order valence-corrected chi connectivity index (χ2v) is 4.38. The van der Waals surface area contributed by atoms with Crippen LogP contribution in [0.2, 0.25) is 0 Å². The van der Waals surface area contributed by atoms with Crippen LogP contribution in [0.1, 0.15) is 15.9 Å². The van der Waals surface area contributed by atoms with Crippen molar-refractivity contribution >= 4 is 43.3 Å². The molecule has 0 aliphatic carbocycles. The number of carboxylic acid groups (broad SMARTS) is 1. The minimum Gasteiger partial charge on any atom is -0.478 e. The Labute approximate surface area is 93.3 Å². The molecule has 1 N–H and O–H groups in total. The Hall–Kier alpha value is -0.870. The van der Waals surface area contributed by atoms with Crippen LogP contribution in [-0.2, 0) is 5.33 Å². The van der Waals surface area contributed by atoms with Crippen molar-refractivity contribution in [2.24, 2.45) is 0 Å². The van der Waals surface area contributed by atoms with E-state index in [1.54, 1.807) is 23.5 Å². The molecular formula is C10H7BrO2S. The third-order valence-electron chi connectivity index (χ3n) is 2.05. The van der Waals surface area contributed by atoms with Gasteiger partial charge in [0.05, 0.1) is 5.56 Å². The molecule has 4 heteroatoms. The molecule has 2 nitrogen and oxygen atoms in total. The highest BCUT2D eigenvalue weighted by Gasteiger charge is 2.07. The van der Waals surface area contributed by atoms with Crippen molar-refractivity contribution in [2.45, 2.75) is 5.33 Å². The van der Waals surface area contributed by atoms with Gasteiger partial charge in [-0.25, -0.2) is 4.79 Å². The Morgan fingerprint density at radius 2 is 2.29 bits per heavy atom. The zero-order valence-corrected chi connectivity index (χ0v) is 9.56. The number of alkyl halides is 1. The van der Waals surface area contributed by atoms with Gasteiger partial charge in [-0.15, -0.1) is 11.3 Å². The highest BCUT2D eigenvalue weighted by atomic mass is 79.9. The molecular weight excluding hydrogens is 264 g/mol. The maximum absolute atomic E-state index is 10.7. The molecule has 0 aliphatic rings. The van der Waals surface area contributed by atoms with Gasteiger partial charge in [-0.2, -0.15) is 0 Å². The van der Waals surface area contributed by atoms with Gasteiger partial charge in [0.2, 0.25) is 0 Å². The molecule has 2 aromatic rings. The maximum atomic E-state index is 10.7. The van der Waals surface area contributed by atoms with Crippen LogP contribution in [0, 0.1) is 0 Å². The van der Waals surface area contributed by atoms with Gasteiger partial charge in [0.1, 0.15) is 0 Å². The molecule has 0 aliphatic heterocycles. The van der Waals surface area contributed by atoms with Gasteiger partial charge in [0, 0.05) is 10.0 Å². The van der Waals surface area contributed by atoms with Gasteiger partial charge >= 0.3 is 5.97 Å². The van der Waals surface area contributed by atoms with E-state index in [4.69, 9.17) is 5.11 Å². The lowest BCUT2D eigenvalue weighted by atomic mass is 10.1. The minimum atomic E-state index is -0.874. The molecule has 72 valence electrons. The van der Waals surface area contributed by atoms with Gasteiger partial charge in [0.15, 0.2) is 0 Å². The molecule has 0 atom stereocenters. The number of carboxylic acids is 1. The highest BCUT2D eigenvalue weighted by Crippen LogP contribution is 2.28. The lowest BCUT2D eigenvalue weighted by Crippen LogP contribution is -1.94. The van der Waals surface area contributed by atoms with Crippen LogP contribution >= 0.6 is 27.3 Å². The number of halogens is 1. The van der Waals surface area contributed by atoms with Crippen molar-refractivity contribution in [1.82, 2.24) is 0 Å². The normalized spacial score (nSPS) is 10.6. The van der Waals surface area contributed by atoms with Crippen molar-refractivity contribution in [3.05, 3.63) is 34.7 Å². The monoisotopic (exact) mass is 270 g/mol. The van der Waals surface area contributed by atoms with Gasteiger partial charge in [-0.3, -0.25) is 0 Å². The number of rotatable bonds is 2. The molecule has 0 fully saturated rings. The van der Waals surface area contributed by atoms with Gasteiger partial charge in [0.25, 0.3) is 0 Å². The molecule has 1 heterocycles. The average molecular weight is 271 g/mol. The first-order valence-electron chi connectivity index (χ1n) is 4.02. The maximum Gasteiger partial charge on any atom is 0.335 e. The van der Waals surface area contributed by atoms with Gasteiger partial charge < -0.3 is 5.11 Å². The zero-order valence-electron chi connectivity index (χ0n) is 7.16. The van der Waals surface area contributed by atoms with E-state index in [2.05, 4.69) is 15.9 Å². The summed E-state index contributed by atoms with van der Waals surface area (Å²) in [5.41, 5.74) is 1.56. The molecule has 0 bridgehead atoms. The third-order valence-corrected chi connectivity index (χ3v) is 3.64. The van der Waals surface area contributed by atoms with Crippen molar-refractivity contribution in [3.8, 4) is 0 Å². The molecule has 0 amide bonds. The molecule has 0 spiro atoms. The van der Waals surface area contributed by atoms with Crippen molar-refractivity contribution in [3.63, 3.8) is 0 Å². The summed E-state index contributed by atoms with van der Waals surface area (Å²) in [7, 11) is 0. The smallest absolute Gasteiger partial charge is 0.335 e. The second kappa shape index (κ2) is 3.71. The Bertz CT molecular complexity index is 490. The van der Waals surface area contributed by atoms with Crippen LogP contribution in [0.25, 0.3) is 10.1 Å². The molecule has 1 aromatic carbocycles. The summed E-state index contributed by atoms with van der Waals surface area (Å²) >= 11 is 4.97. The van der Waals surface area contributed by atoms with E-state index in [0.29, 0.717) is 5.56 Å². The number of fused-ring (bicyclic) bond motifs is 1. The molecule has 0 unspecified atom stereocenters. The number of carbonyl (C=O) groups is 1. The fraction of sp³-hybridized carbons (Fsp3) is 0.100. The topological polar surface area (TPSA) is 37.3 Å². The van der Waals surface area contributed by atoms with E-state index >= 15 is 0 Å². The second-order valence-electron chi connectivity index (χ2n) is 2.91. The Morgan fingerprint density at radius 3 is 2.93 bits per heavy atom. The van der Waals surface area contributed by atoms with E-state index < -0.39 is 5.97 Å². The van der Waals surface area contributed by atoms with Crippen LogP contribution in [0.4, 0.5) is 0 Å².